The van der Waals surface area contributed by atoms with Gasteiger partial charge in [0.2, 0.25) is 0 Å². The van der Waals surface area contributed by atoms with E-state index in [0.717, 1.165) is 12.2 Å². The van der Waals surface area contributed by atoms with Gasteiger partial charge in [0.15, 0.2) is 0 Å². The van der Waals surface area contributed by atoms with Crippen LogP contribution in [0.1, 0.15) is 18.4 Å². The van der Waals surface area contributed by atoms with Crippen molar-refractivity contribution in [2.75, 3.05) is 11.5 Å². The number of aromatic nitrogens is 2. The Hall–Kier alpha value is -1.26. The van der Waals surface area contributed by atoms with Gasteiger partial charge in [-0.15, -0.1) is 0 Å². The highest BCUT2D eigenvalue weighted by atomic mass is 32.2. The maximum atomic E-state index is 4.19. The minimum absolute atomic E-state index is 0.650. The molecule has 0 spiro atoms. The van der Waals surface area contributed by atoms with Crippen LogP contribution in [0.4, 0.5) is 0 Å². The lowest BCUT2D eigenvalue weighted by Gasteiger charge is -2.22. The number of benzene rings is 1. The molecule has 0 saturated carbocycles. The zero-order valence-corrected chi connectivity index (χ0v) is 11.7. The van der Waals surface area contributed by atoms with Crippen LogP contribution in [0.2, 0.25) is 0 Å². The topological polar surface area (TPSA) is 40.7 Å². The smallest absolute Gasteiger partial charge is 0.0695 e. The van der Waals surface area contributed by atoms with E-state index in [2.05, 4.69) is 51.5 Å². The van der Waals surface area contributed by atoms with Gasteiger partial charge in [-0.2, -0.15) is 16.9 Å². The number of aromatic amines is 1. The Kier molecular flexibility index (Phi) is 4.20. The zero-order chi connectivity index (χ0) is 12.9. The lowest BCUT2D eigenvalue weighted by molar-refractivity contribution is 0.508. The fourth-order valence-electron chi connectivity index (χ4n) is 2.46. The fourth-order valence-corrected chi connectivity index (χ4v) is 3.56. The molecule has 0 aliphatic carbocycles. The molecule has 3 rings (SSSR count). The third-order valence-corrected chi connectivity index (χ3v) is 4.74. The molecule has 1 atom stereocenters. The fraction of sp³-hybridized carbons (Fsp3) is 0.400. The first-order chi connectivity index (χ1) is 9.43. The standard InChI is InChI=1S/C15H19N3S/c1-2-5-12(6-3-1)15-13(10-17-18-15)9-16-14-7-4-8-19-11-14/h1-3,5-6,10,14,16H,4,7-9,11H2,(H,17,18). The molecule has 2 N–H and O–H groups in total. The highest BCUT2D eigenvalue weighted by Crippen LogP contribution is 2.22. The van der Waals surface area contributed by atoms with Crippen LogP contribution in [0.15, 0.2) is 36.5 Å². The summed E-state index contributed by atoms with van der Waals surface area (Å²) in [5.41, 5.74) is 3.59. The monoisotopic (exact) mass is 273 g/mol. The summed E-state index contributed by atoms with van der Waals surface area (Å²) in [4.78, 5) is 0. The van der Waals surface area contributed by atoms with E-state index in [1.165, 1.54) is 35.5 Å². The summed E-state index contributed by atoms with van der Waals surface area (Å²) < 4.78 is 0. The van der Waals surface area contributed by atoms with Gasteiger partial charge < -0.3 is 5.32 Å². The van der Waals surface area contributed by atoms with Crippen LogP contribution < -0.4 is 5.32 Å². The molecule has 1 aromatic heterocycles. The molecule has 1 unspecified atom stereocenters. The molecule has 0 radical (unpaired) electrons. The predicted molar refractivity (Wildman–Crippen MR) is 81.2 cm³/mol. The van der Waals surface area contributed by atoms with Crippen molar-refractivity contribution in [3.63, 3.8) is 0 Å². The minimum atomic E-state index is 0.650. The van der Waals surface area contributed by atoms with E-state index >= 15 is 0 Å². The summed E-state index contributed by atoms with van der Waals surface area (Å²) >= 11 is 2.05. The van der Waals surface area contributed by atoms with Crippen molar-refractivity contribution in [1.82, 2.24) is 15.5 Å². The maximum Gasteiger partial charge on any atom is 0.0695 e. The Bertz CT molecular complexity index is 503. The van der Waals surface area contributed by atoms with Crippen LogP contribution in [-0.2, 0) is 6.54 Å². The van der Waals surface area contributed by atoms with E-state index in [4.69, 9.17) is 0 Å². The quantitative estimate of drug-likeness (QED) is 0.899. The lowest BCUT2D eigenvalue weighted by Crippen LogP contribution is -2.33. The summed E-state index contributed by atoms with van der Waals surface area (Å²) in [6.07, 6.45) is 4.57. The first-order valence-corrected chi connectivity index (χ1v) is 7.98. The Balaban J connectivity index is 1.67. The first-order valence-electron chi connectivity index (χ1n) is 6.82. The van der Waals surface area contributed by atoms with Gasteiger partial charge in [-0.25, -0.2) is 0 Å². The number of nitrogens with one attached hydrogen (secondary N) is 2. The van der Waals surface area contributed by atoms with Crippen LogP contribution in [0.3, 0.4) is 0 Å². The van der Waals surface area contributed by atoms with Crippen molar-refractivity contribution in [2.24, 2.45) is 0 Å². The summed E-state index contributed by atoms with van der Waals surface area (Å²) in [6.45, 7) is 0.895. The summed E-state index contributed by atoms with van der Waals surface area (Å²) in [5.74, 6) is 2.55. The molecule has 19 heavy (non-hydrogen) atoms. The lowest BCUT2D eigenvalue weighted by atomic mass is 10.1. The SMILES string of the molecule is c1ccc(-c2[nH]ncc2CNC2CCCSC2)cc1. The number of thioether (sulfide) groups is 1. The molecule has 0 amide bonds. The van der Waals surface area contributed by atoms with E-state index in [1.807, 2.05) is 12.3 Å². The molecule has 1 fully saturated rings. The maximum absolute atomic E-state index is 4.19. The predicted octanol–water partition coefficient (Wildman–Crippen LogP) is 3.06. The van der Waals surface area contributed by atoms with Crippen molar-refractivity contribution in [1.29, 1.82) is 0 Å². The zero-order valence-electron chi connectivity index (χ0n) is 10.9. The van der Waals surface area contributed by atoms with Crippen LogP contribution in [0.5, 0.6) is 0 Å². The van der Waals surface area contributed by atoms with Crippen LogP contribution >= 0.6 is 11.8 Å². The van der Waals surface area contributed by atoms with E-state index in [1.54, 1.807) is 0 Å². The average molecular weight is 273 g/mol. The molecule has 100 valence electrons. The second kappa shape index (κ2) is 6.26. The highest BCUT2D eigenvalue weighted by molar-refractivity contribution is 7.99. The van der Waals surface area contributed by atoms with Crippen LogP contribution in [-0.4, -0.2) is 27.7 Å². The third-order valence-electron chi connectivity index (χ3n) is 3.52. The number of nitrogens with zero attached hydrogens (tertiary/aromatic N) is 1. The van der Waals surface area contributed by atoms with E-state index < -0.39 is 0 Å². The van der Waals surface area contributed by atoms with Crippen molar-refractivity contribution in [2.45, 2.75) is 25.4 Å². The van der Waals surface area contributed by atoms with Gasteiger partial charge >= 0.3 is 0 Å². The van der Waals surface area contributed by atoms with Gasteiger partial charge in [0, 0.05) is 23.9 Å². The molecule has 2 aromatic rings. The largest absolute Gasteiger partial charge is 0.309 e. The molecular weight excluding hydrogens is 254 g/mol. The van der Waals surface area contributed by atoms with Gasteiger partial charge in [-0.1, -0.05) is 30.3 Å². The number of hydrogen-bond donors (Lipinski definition) is 2. The molecule has 3 nitrogen and oxygen atoms in total. The van der Waals surface area contributed by atoms with Crippen molar-refractivity contribution in [3.05, 3.63) is 42.1 Å². The summed E-state index contributed by atoms with van der Waals surface area (Å²) in [6, 6.07) is 11.0. The van der Waals surface area contributed by atoms with Crippen molar-refractivity contribution < 1.29 is 0 Å². The minimum Gasteiger partial charge on any atom is -0.309 e. The van der Waals surface area contributed by atoms with E-state index in [0.29, 0.717) is 6.04 Å². The molecule has 1 aliphatic heterocycles. The molecule has 1 saturated heterocycles. The Morgan fingerprint density at radius 1 is 1.32 bits per heavy atom. The van der Waals surface area contributed by atoms with E-state index in [-0.39, 0.29) is 0 Å². The first kappa shape index (κ1) is 12.8. The van der Waals surface area contributed by atoms with Gasteiger partial charge in [0.05, 0.1) is 11.9 Å². The van der Waals surface area contributed by atoms with E-state index in [9.17, 15) is 0 Å². The summed E-state index contributed by atoms with van der Waals surface area (Å²) in [5, 5.41) is 11.0. The highest BCUT2D eigenvalue weighted by Gasteiger charge is 2.14. The van der Waals surface area contributed by atoms with Gasteiger partial charge in [-0.05, 0) is 24.2 Å². The summed E-state index contributed by atoms with van der Waals surface area (Å²) in [7, 11) is 0. The van der Waals surface area contributed by atoms with Crippen molar-refractivity contribution >= 4 is 11.8 Å². The number of hydrogen-bond acceptors (Lipinski definition) is 3. The van der Waals surface area contributed by atoms with Crippen molar-refractivity contribution in [3.8, 4) is 11.3 Å². The van der Waals surface area contributed by atoms with Gasteiger partial charge in [0.1, 0.15) is 0 Å². The molecule has 2 heterocycles. The van der Waals surface area contributed by atoms with Crippen LogP contribution in [0.25, 0.3) is 11.3 Å². The normalized spacial score (nSPS) is 19.5. The second-order valence-corrected chi connectivity index (χ2v) is 6.08. The third kappa shape index (κ3) is 3.19. The Labute approximate surface area is 118 Å². The molecule has 1 aromatic carbocycles. The van der Waals surface area contributed by atoms with Gasteiger partial charge in [0.25, 0.3) is 0 Å². The van der Waals surface area contributed by atoms with Crippen LogP contribution in [0, 0.1) is 0 Å². The number of rotatable bonds is 4. The molecular formula is C15H19N3S. The second-order valence-electron chi connectivity index (χ2n) is 4.93. The average Bonchev–Trinajstić information content (AvgIpc) is 2.95. The van der Waals surface area contributed by atoms with Gasteiger partial charge in [-0.3, -0.25) is 5.10 Å². The Morgan fingerprint density at radius 2 is 2.21 bits per heavy atom. The Morgan fingerprint density at radius 3 is 3.00 bits per heavy atom. The molecule has 0 bridgehead atoms. The molecule has 1 aliphatic rings. The molecule has 4 heteroatoms. The number of H-pyrrole nitrogens is 1.